The number of aliphatic hydroxyl groups is 1. The zero-order chi connectivity index (χ0) is 25.2. The number of ether oxygens (including phenoxy) is 1. The van der Waals surface area contributed by atoms with Crippen LogP contribution >= 0.6 is 0 Å². The first kappa shape index (κ1) is 23.9. The maximum absolute atomic E-state index is 13.7. The van der Waals surface area contributed by atoms with E-state index in [1.54, 1.807) is 18.2 Å². The first-order valence-corrected chi connectivity index (χ1v) is 12.5. The summed E-state index contributed by atoms with van der Waals surface area (Å²) in [5.74, 6) is -0.503. The van der Waals surface area contributed by atoms with Gasteiger partial charge in [0.1, 0.15) is 17.7 Å². The molecule has 1 unspecified atom stereocenters. The van der Waals surface area contributed by atoms with E-state index in [1.807, 2.05) is 36.4 Å². The van der Waals surface area contributed by atoms with E-state index in [0.29, 0.717) is 35.2 Å². The molecule has 1 fully saturated rings. The molecule has 36 heavy (non-hydrogen) atoms. The van der Waals surface area contributed by atoms with Crippen molar-refractivity contribution in [3.63, 3.8) is 0 Å². The van der Waals surface area contributed by atoms with E-state index in [1.165, 1.54) is 11.2 Å². The third kappa shape index (κ3) is 4.41. The normalized spacial score (nSPS) is 18.5. The number of carbonyl (C=O) groups is 2. The third-order valence-corrected chi connectivity index (χ3v) is 6.86. The van der Waals surface area contributed by atoms with Gasteiger partial charge in [0, 0.05) is 28.8 Å². The van der Waals surface area contributed by atoms with Gasteiger partial charge in [0.25, 0.3) is 5.91 Å². The largest absolute Gasteiger partial charge is 0.503 e. The summed E-state index contributed by atoms with van der Waals surface area (Å²) in [5.41, 5.74) is 2.91. The van der Waals surface area contributed by atoms with Gasteiger partial charge in [-0.1, -0.05) is 62.2 Å². The standard InChI is InChI=1S/C29H30N2O5/c1-18(2)17-35-24-10-6-5-9-22(24)26-25(27(32)20-7-3-4-8-20)28(33)29(34)31(26)21-13-11-19(12-14-21)23-15-16-36-30-23/h5-6,9-16,18,20,26,33H,3-4,7-8,17H2,1-2H3. The van der Waals surface area contributed by atoms with Crippen LogP contribution in [0.15, 0.2) is 76.7 Å². The molecule has 3 aromatic rings. The second-order valence-corrected chi connectivity index (χ2v) is 9.86. The smallest absolute Gasteiger partial charge is 0.294 e. The molecule has 7 heteroatoms. The maximum atomic E-state index is 13.7. The molecular weight excluding hydrogens is 456 g/mol. The highest BCUT2D eigenvalue weighted by Crippen LogP contribution is 2.46. The lowest BCUT2D eigenvalue weighted by Crippen LogP contribution is -2.32. The molecule has 2 heterocycles. The first-order valence-electron chi connectivity index (χ1n) is 12.5. The molecule has 1 amide bonds. The van der Waals surface area contributed by atoms with Crippen LogP contribution in [-0.2, 0) is 9.59 Å². The Balaban J connectivity index is 1.59. The first-order chi connectivity index (χ1) is 17.5. The highest BCUT2D eigenvalue weighted by atomic mass is 16.5. The van der Waals surface area contributed by atoms with E-state index in [4.69, 9.17) is 9.26 Å². The molecule has 0 spiro atoms. The Bertz CT molecular complexity index is 1270. The second kappa shape index (κ2) is 10.0. The van der Waals surface area contributed by atoms with Crippen molar-refractivity contribution in [3.05, 3.63) is 77.8 Å². The molecule has 0 saturated heterocycles. The van der Waals surface area contributed by atoms with Gasteiger partial charge in [-0.3, -0.25) is 14.5 Å². The summed E-state index contributed by atoms with van der Waals surface area (Å²) >= 11 is 0. The lowest BCUT2D eigenvalue weighted by atomic mass is 9.88. The monoisotopic (exact) mass is 486 g/mol. The number of aliphatic hydroxyl groups excluding tert-OH is 1. The zero-order valence-corrected chi connectivity index (χ0v) is 20.5. The van der Waals surface area contributed by atoms with Crippen LogP contribution in [0.25, 0.3) is 11.3 Å². The second-order valence-electron chi connectivity index (χ2n) is 9.86. The number of aromatic nitrogens is 1. The fraction of sp³-hybridized carbons (Fsp3) is 0.345. The third-order valence-electron chi connectivity index (χ3n) is 6.86. The summed E-state index contributed by atoms with van der Waals surface area (Å²) in [7, 11) is 0. The van der Waals surface area contributed by atoms with Crippen LogP contribution in [0.4, 0.5) is 5.69 Å². The van der Waals surface area contributed by atoms with Crippen LogP contribution in [0, 0.1) is 11.8 Å². The molecule has 1 aliphatic carbocycles. The van der Waals surface area contributed by atoms with Crippen molar-refractivity contribution in [3.8, 4) is 17.0 Å². The van der Waals surface area contributed by atoms with Gasteiger partial charge < -0.3 is 14.4 Å². The SMILES string of the molecule is CC(C)COc1ccccc1C1C(C(=O)C2CCCC2)=C(O)C(=O)N1c1ccc(-c2ccon2)cc1. The number of hydrogen-bond donors (Lipinski definition) is 1. The molecule has 2 aliphatic rings. The van der Waals surface area contributed by atoms with Gasteiger partial charge in [0.2, 0.25) is 0 Å². The number of carbonyl (C=O) groups excluding carboxylic acids is 2. The number of benzene rings is 2. The number of rotatable bonds is 8. The number of anilines is 1. The summed E-state index contributed by atoms with van der Waals surface area (Å²) < 4.78 is 11.1. The van der Waals surface area contributed by atoms with E-state index in [2.05, 4.69) is 19.0 Å². The van der Waals surface area contributed by atoms with Crippen molar-refractivity contribution >= 4 is 17.4 Å². The van der Waals surface area contributed by atoms with Gasteiger partial charge in [0.15, 0.2) is 11.5 Å². The molecule has 5 rings (SSSR count). The Morgan fingerprint density at radius 1 is 1.11 bits per heavy atom. The highest BCUT2D eigenvalue weighted by molar-refractivity contribution is 6.17. The molecule has 1 atom stereocenters. The Morgan fingerprint density at radius 3 is 2.50 bits per heavy atom. The Kier molecular flexibility index (Phi) is 6.63. The Morgan fingerprint density at radius 2 is 1.83 bits per heavy atom. The van der Waals surface area contributed by atoms with E-state index in [9.17, 15) is 14.7 Å². The van der Waals surface area contributed by atoms with Crippen LogP contribution in [-0.4, -0.2) is 28.6 Å². The van der Waals surface area contributed by atoms with Crippen molar-refractivity contribution in [1.82, 2.24) is 5.16 Å². The van der Waals surface area contributed by atoms with Gasteiger partial charge >= 0.3 is 0 Å². The van der Waals surface area contributed by atoms with Crippen molar-refractivity contribution in [2.75, 3.05) is 11.5 Å². The van der Waals surface area contributed by atoms with Crippen LogP contribution < -0.4 is 9.64 Å². The Hall–Kier alpha value is -3.87. The van der Waals surface area contributed by atoms with E-state index in [-0.39, 0.29) is 17.3 Å². The summed E-state index contributed by atoms with van der Waals surface area (Å²) in [4.78, 5) is 28.7. The lowest BCUT2D eigenvalue weighted by molar-refractivity contribution is -0.120. The number of nitrogens with zero attached hydrogens (tertiary/aromatic N) is 2. The average molecular weight is 487 g/mol. The lowest BCUT2D eigenvalue weighted by Gasteiger charge is -2.29. The van der Waals surface area contributed by atoms with E-state index in [0.717, 1.165) is 31.2 Å². The molecule has 186 valence electrons. The minimum absolute atomic E-state index is 0.149. The summed E-state index contributed by atoms with van der Waals surface area (Å²) in [5, 5.41) is 15.0. The van der Waals surface area contributed by atoms with Crippen LogP contribution in [0.1, 0.15) is 51.1 Å². The zero-order valence-electron chi connectivity index (χ0n) is 20.5. The van der Waals surface area contributed by atoms with E-state index < -0.39 is 17.7 Å². The maximum Gasteiger partial charge on any atom is 0.294 e. The van der Waals surface area contributed by atoms with Crippen molar-refractivity contribution in [2.24, 2.45) is 11.8 Å². The van der Waals surface area contributed by atoms with Crippen LogP contribution in [0.2, 0.25) is 0 Å². The van der Waals surface area contributed by atoms with Crippen molar-refractivity contribution in [1.29, 1.82) is 0 Å². The minimum Gasteiger partial charge on any atom is -0.503 e. The molecule has 1 aliphatic heterocycles. The fourth-order valence-corrected chi connectivity index (χ4v) is 5.07. The molecule has 0 radical (unpaired) electrons. The van der Waals surface area contributed by atoms with Gasteiger partial charge in [-0.25, -0.2) is 0 Å². The molecule has 1 saturated carbocycles. The van der Waals surface area contributed by atoms with Gasteiger partial charge in [-0.05, 0) is 37.0 Å². The van der Waals surface area contributed by atoms with Crippen molar-refractivity contribution in [2.45, 2.75) is 45.6 Å². The molecule has 1 aromatic heterocycles. The summed E-state index contributed by atoms with van der Waals surface area (Å²) in [6.07, 6.45) is 5.00. The van der Waals surface area contributed by atoms with Crippen molar-refractivity contribution < 1.29 is 24.0 Å². The average Bonchev–Trinajstić information content (AvgIpc) is 3.65. The highest BCUT2D eigenvalue weighted by Gasteiger charge is 2.47. The quantitative estimate of drug-likeness (QED) is 0.418. The number of amides is 1. The molecular formula is C29H30N2O5. The van der Waals surface area contributed by atoms with Crippen LogP contribution in [0.3, 0.4) is 0 Å². The molecule has 7 nitrogen and oxygen atoms in total. The molecule has 2 aromatic carbocycles. The summed E-state index contributed by atoms with van der Waals surface area (Å²) in [6, 6.07) is 15.7. The number of hydrogen-bond acceptors (Lipinski definition) is 6. The van der Waals surface area contributed by atoms with Gasteiger partial charge in [0.05, 0.1) is 18.2 Å². The summed E-state index contributed by atoms with van der Waals surface area (Å²) in [6.45, 7) is 4.61. The predicted molar refractivity (Wildman–Crippen MR) is 136 cm³/mol. The minimum atomic E-state index is -0.785. The number of Topliss-reactive ketones (excluding diaryl/α,β-unsaturated/α-hetero) is 1. The van der Waals surface area contributed by atoms with Crippen LogP contribution in [0.5, 0.6) is 5.75 Å². The van der Waals surface area contributed by atoms with Gasteiger partial charge in [-0.15, -0.1) is 0 Å². The fourth-order valence-electron chi connectivity index (χ4n) is 5.07. The van der Waals surface area contributed by atoms with Gasteiger partial charge in [-0.2, -0.15) is 0 Å². The Labute approximate surface area is 210 Å². The molecule has 1 N–H and O–H groups in total. The van der Waals surface area contributed by atoms with E-state index >= 15 is 0 Å². The number of para-hydroxylation sites is 1. The molecule has 0 bridgehead atoms. The topological polar surface area (TPSA) is 92.9 Å². The predicted octanol–water partition coefficient (Wildman–Crippen LogP) is 6.04. The number of ketones is 1.